The van der Waals surface area contributed by atoms with Crippen LogP contribution in [0.25, 0.3) is 11.5 Å². The summed E-state index contributed by atoms with van der Waals surface area (Å²) in [6, 6.07) is 3.81. The Morgan fingerprint density at radius 1 is 1.08 bits per heavy atom. The zero-order chi connectivity index (χ0) is 18.3. The molecular formula is C16H10F4N4O2. The van der Waals surface area contributed by atoms with E-state index < -0.39 is 29.6 Å². The van der Waals surface area contributed by atoms with Gasteiger partial charge in [0.2, 0.25) is 0 Å². The van der Waals surface area contributed by atoms with Crippen LogP contribution in [0.15, 0.2) is 35.0 Å². The Bertz CT molecular complexity index is 942. The molecule has 1 fully saturated rings. The molecule has 2 aromatic heterocycles. The van der Waals surface area contributed by atoms with Gasteiger partial charge in [0.25, 0.3) is 11.8 Å². The van der Waals surface area contributed by atoms with Crippen molar-refractivity contribution >= 4 is 0 Å². The second-order valence-electron chi connectivity index (χ2n) is 5.70. The number of nitrogens with zero attached hydrogens (tertiary/aromatic N) is 4. The molecule has 1 aliphatic rings. The first-order valence-corrected chi connectivity index (χ1v) is 7.56. The molecule has 0 radical (unpaired) electrons. The summed E-state index contributed by atoms with van der Waals surface area (Å²) in [6.07, 6.45) is 0.599. The van der Waals surface area contributed by atoms with Crippen molar-refractivity contribution in [3.63, 3.8) is 0 Å². The predicted octanol–water partition coefficient (Wildman–Crippen LogP) is 3.81. The summed E-state index contributed by atoms with van der Waals surface area (Å²) >= 11 is 0. The topological polar surface area (TPSA) is 73.9 Å². The van der Waals surface area contributed by atoms with Crippen molar-refractivity contribution in [3.8, 4) is 17.5 Å². The highest BCUT2D eigenvalue weighted by Crippen LogP contribution is 2.49. The van der Waals surface area contributed by atoms with E-state index >= 15 is 0 Å². The van der Waals surface area contributed by atoms with E-state index in [2.05, 4.69) is 20.2 Å². The maximum absolute atomic E-state index is 14.0. The third-order valence-electron chi connectivity index (χ3n) is 3.94. The molecule has 0 bridgehead atoms. The van der Waals surface area contributed by atoms with Crippen molar-refractivity contribution in [2.24, 2.45) is 0 Å². The average molecular weight is 366 g/mol. The maximum Gasteiger partial charge on any atom is 0.317 e. The van der Waals surface area contributed by atoms with Gasteiger partial charge in [0.05, 0.1) is 5.56 Å². The van der Waals surface area contributed by atoms with Gasteiger partial charge < -0.3 is 9.15 Å². The second-order valence-corrected chi connectivity index (χ2v) is 5.70. The number of hydrogen-bond donors (Lipinski definition) is 0. The van der Waals surface area contributed by atoms with Crippen LogP contribution in [0.1, 0.15) is 30.7 Å². The molecule has 1 aliphatic carbocycles. The highest BCUT2D eigenvalue weighted by atomic mass is 19.3. The monoisotopic (exact) mass is 366 g/mol. The lowest BCUT2D eigenvalue weighted by Crippen LogP contribution is -2.19. The minimum Gasteiger partial charge on any atom is -0.452 e. The van der Waals surface area contributed by atoms with Gasteiger partial charge in [0, 0.05) is 18.0 Å². The minimum absolute atomic E-state index is 0.0662. The molecule has 4 rings (SSSR count). The van der Waals surface area contributed by atoms with Gasteiger partial charge in [-0.1, -0.05) is 12.1 Å². The predicted molar refractivity (Wildman–Crippen MR) is 78.2 cm³/mol. The van der Waals surface area contributed by atoms with Crippen molar-refractivity contribution < 1.29 is 26.7 Å². The third-order valence-corrected chi connectivity index (χ3v) is 3.94. The molecule has 0 N–H and O–H groups in total. The summed E-state index contributed by atoms with van der Waals surface area (Å²) in [4.78, 5) is 7.89. The molecule has 0 unspecified atom stereocenters. The summed E-state index contributed by atoms with van der Waals surface area (Å²) in [7, 11) is 0. The van der Waals surface area contributed by atoms with E-state index in [0.29, 0.717) is 12.8 Å². The zero-order valence-electron chi connectivity index (χ0n) is 13.0. The Morgan fingerprint density at radius 3 is 2.42 bits per heavy atom. The number of alkyl halides is 2. The van der Waals surface area contributed by atoms with E-state index in [1.54, 1.807) is 0 Å². The standard InChI is InChI=1S/C16H10F4N4O2/c17-10-3-1-2-9(11(10)18)16(4-5-16)26-15-21-6-8(7-22-15)13-23-24-14(25-13)12(19)20/h1-3,6-7,12H,4-5H2. The van der Waals surface area contributed by atoms with E-state index in [1.165, 1.54) is 24.5 Å². The van der Waals surface area contributed by atoms with Crippen LogP contribution >= 0.6 is 0 Å². The lowest BCUT2D eigenvalue weighted by molar-refractivity contribution is 0.116. The van der Waals surface area contributed by atoms with Gasteiger partial charge in [0.1, 0.15) is 5.60 Å². The fourth-order valence-electron chi connectivity index (χ4n) is 2.49. The van der Waals surface area contributed by atoms with Crippen LogP contribution in [0.2, 0.25) is 0 Å². The van der Waals surface area contributed by atoms with Crippen molar-refractivity contribution in [2.75, 3.05) is 0 Å². The molecule has 0 aliphatic heterocycles. The first kappa shape index (κ1) is 16.4. The lowest BCUT2D eigenvalue weighted by Gasteiger charge is -2.17. The maximum atomic E-state index is 14.0. The average Bonchev–Trinajstić information content (AvgIpc) is 3.22. The van der Waals surface area contributed by atoms with Crippen LogP contribution in [0.3, 0.4) is 0 Å². The van der Waals surface area contributed by atoms with Crippen LogP contribution in [-0.4, -0.2) is 20.2 Å². The largest absolute Gasteiger partial charge is 0.452 e. The van der Waals surface area contributed by atoms with Crippen molar-refractivity contribution in [1.82, 2.24) is 20.2 Å². The number of halogens is 4. The summed E-state index contributed by atoms with van der Waals surface area (Å²) in [5.74, 6) is -2.89. The van der Waals surface area contributed by atoms with Gasteiger partial charge in [-0.05, 0) is 18.9 Å². The molecule has 2 heterocycles. The van der Waals surface area contributed by atoms with E-state index in [4.69, 9.17) is 9.15 Å². The van der Waals surface area contributed by atoms with E-state index in [1.807, 2.05) is 0 Å². The third kappa shape index (κ3) is 2.87. The molecule has 26 heavy (non-hydrogen) atoms. The molecule has 6 nitrogen and oxygen atoms in total. The van der Waals surface area contributed by atoms with E-state index in [-0.39, 0.29) is 23.0 Å². The summed E-state index contributed by atoms with van der Waals surface area (Å²) in [5, 5.41) is 6.70. The van der Waals surface area contributed by atoms with Crippen LogP contribution in [0.5, 0.6) is 6.01 Å². The molecule has 3 aromatic rings. The molecule has 0 spiro atoms. The van der Waals surface area contributed by atoms with Crippen LogP contribution in [-0.2, 0) is 5.60 Å². The minimum atomic E-state index is -2.88. The number of benzene rings is 1. The summed E-state index contributed by atoms with van der Waals surface area (Å²) in [5.41, 5.74) is -0.691. The van der Waals surface area contributed by atoms with Crippen molar-refractivity contribution in [1.29, 1.82) is 0 Å². The Morgan fingerprint density at radius 2 is 1.81 bits per heavy atom. The molecule has 0 atom stereocenters. The smallest absolute Gasteiger partial charge is 0.317 e. The van der Waals surface area contributed by atoms with E-state index in [9.17, 15) is 17.6 Å². The fraction of sp³-hybridized carbons (Fsp3) is 0.250. The molecule has 0 amide bonds. The molecule has 0 saturated heterocycles. The summed E-state index contributed by atoms with van der Waals surface area (Å²) in [6.45, 7) is 0. The van der Waals surface area contributed by atoms with Gasteiger partial charge in [-0.15, -0.1) is 10.2 Å². The molecular weight excluding hydrogens is 356 g/mol. The quantitative estimate of drug-likeness (QED) is 0.640. The number of aromatic nitrogens is 4. The highest BCUT2D eigenvalue weighted by molar-refractivity contribution is 5.49. The molecule has 1 saturated carbocycles. The highest BCUT2D eigenvalue weighted by Gasteiger charge is 2.50. The van der Waals surface area contributed by atoms with Crippen molar-refractivity contribution in [2.45, 2.75) is 24.9 Å². The fourth-order valence-corrected chi connectivity index (χ4v) is 2.49. The second kappa shape index (κ2) is 6.04. The lowest BCUT2D eigenvalue weighted by atomic mass is 10.1. The Balaban J connectivity index is 1.55. The first-order valence-electron chi connectivity index (χ1n) is 7.56. The Hall–Kier alpha value is -3.04. The Kier molecular flexibility index (Phi) is 3.82. The van der Waals surface area contributed by atoms with E-state index in [0.717, 1.165) is 6.07 Å². The van der Waals surface area contributed by atoms with Crippen LogP contribution in [0, 0.1) is 11.6 Å². The molecule has 1 aromatic carbocycles. The van der Waals surface area contributed by atoms with Gasteiger partial charge in [0.15, 0.2) is 11.6 Å². The van der Waals surface area contributed by atoms with Crippen molar-refractivity contribution in [3.05, 3.63) is 53.7 Å². The van der Waals surface area contributed by atoms with Gasteiger partial charge in [-0.25, -0.2) is 18.7 Å². The number of rotatable bonds is 5. The summed E-state index contributed by atoms with van der Waals surface area (Å²) < 4.78 is 62.8. The number of hydrogen-bond acceptors (Lipinski definition) is 6. The normalized spacial score (nSPS) is 15.3. The van der Waals surface area contributed by atoms with Crippen LogP contribution in [0.4, 0.5) is 17.6 Å². The SMILES string of the molecule is Fc1cccc(C2(Oc3ncc(-c4nnc(C(F)F)o4)cn3)CC2)c1F. The van der Waals surface area contributed by atoms with Gasteiger partial charge in [-0.2, -0.15) is 8.78 Å². The number of ether oxygens (including phenoxy) is 1. The molecule has 134 valence electrons. The van der Waals surface area contributed by atoms with Gasteiger partial charge in [-0.3, -0.25) is 0 Å². The van der Waals surface area contributed by atoms with Crippen LogP contribution < -0.4 is 4.74 Å². The zero-order valence-corrected chi connectivity index (χ0v) is 13.0. The first-order chi connectivity index (χ1) is 12.5. The molecule has 10 heteroatoms. The Labute approximate surface area is 143 Å². The van der Waals surface area contributed by atoms with Gasteiger partial charge >= 0.3 is 12.4 Å².